The largest absolute Gasteiger partial charge is 0.495 e. The van der Waals surface area contributed by atoms with Gasteiger partial charge in [0.2, 0.25) is 0 Å². The number of hydrogen-bond acceptors (Lipinski definition) is 7. The Kier molecular flexibility index (Phi) is 4.91. The third-order valence-corrected chi connectivity index (χ3v) is 6.09. The molecule has 1 aromatic heterocycles. The molecule has 4 rings (SSSR count). The molecule has 27 heavy (non-hydrogen) atoms. The number of aromatic carboxylic acids is 1. The lowest BCUT2D eigenvalue weighted by molar-refractivity contribution is 0.0696. The molecule has 0 aliphatic carbocycles. The van der Waals surface area contributed by atoms with E-state index in [0.717, 1.165) is 23.2 Å². The molecule has 0 amide bonds. The fourth-order valence-corrected chi connectivity index (χ4v) is 4.52. The first-order valence-corrected chi connectivity index (χ1v) is 9.95. The van der Waals surface area contributed by atoms with Crippen LogP contribution in [-0.4, -0.2) is 23.2 Å². The van der Waals surface area contributed by atoms with Crippen molar-refractivity contribution >= 4 is 40.1 Å². The van der Waals surface area contributed by atoms with Gasteiger partial charge >= 0.3 is 5.97 Å². The Morgan fingerprint density at radius 2 is 2.00 bits per heavy atom. The van der Waals surface area contributed by atoms with E-state index in [9.17, 15) is 4.79 Å². The molecule has 0 spiro atoms. The second kappa shape index (κ2) is 7.50. The SMILES string of the molecule is COc1cc(C(=O)O)ccc1NSc1csc(N2Cc3ccccc3C2)n1. The van der Waals surface area contributed by atoms with Crippen molar-refractivity contribution in [2.45, 2.75) is 18.1 Å². The lowest BCUT2D eigenvalue weighted by Gasteiger charge is -2.13. The molecule has 2 N–H and O–H groups in total. The van der Waals surface area contributed by atoms with Gasteiger partial charge in [0.1, 0.15) is 10.8 Å². The summed E-state index contributed by atoms with van der Waals surface area (Å²) in [6, 6.07) is 13.2. The van der Waals surface area contributed by atoms with E-state index >= 15 is 0 Å². The molecule has 1 aliphatic heterocycles. The number of rotatable bonds is 6. The van der Waals surface area contributed by atoms with E-state index in [2.05, 4.69) is 33.9 Å². The number of nitrogens with zero attached hydrogens (tertiary/aromatic N) is 2. The fourth-order valence-electron chi connectivity index (χ4n) is 2.93. The minimum atomic E-state index is -0.983. The Balaban J connectivity index is 1.43. The van der Waals surface area contributed by atoms with Crippen molar-refractivity contribution in [2.75, 3.05) is 16.7 Å². The maximum absolute atomic E-state index is 11.1. The van der Waals surface area contributed by atoms with Gasteiger partial charge < -0.3 is 19.5 Å². The summed E-state index contributed by atoms with van der Waals surface area (Å²) in [6.45, 7) is 1.76. The van der Waals surface area contributed by atoms with E-state index in [1.807, 2.05) is 5.38 Å². The summed E-state index contributed by atoms with van der Waals surface area (Å²) >= 11 is 2.99. The lowest BCUT2D eigenvalue weighted by Crippen LogP contribution is -2.13. The molecule has 0 fully saturated rings. The van der Waals surface area contributed by atoms with Gasteiger partial charge in [0.15, 0.2) is 5.13 Å². The van der Waals surface area contributed by atoms with Crippen LogP contribution in [0.1, 0.15) is 21.5 Å². The van der Waals surface area contributed by atoms with E-state index in [1.165, 1.54) is 36.3 Å². The number of hydrogen-bond donors (Lipinski definition) is 2. The van der Waals surface area contributed by atoms with Gasteiger partial charge in [-0.2, -0.15) is 0 Å². The molecule has 2 heterocycles. The number of carboxylic acid groups (broad SMARTS) is 1. The predicted molar refractivity (Wildman–Crippen MR) is 108 cm³/mol. The van der Waals surface area contributed by atoms with Crippen LogP contribution in [0.3, 0.4) is 0 Å². The van der Waals surface area contributed by atoms with Crippen molar-refractivity contribution in [1.29, 1.82) is 0 Å². The van der Waals surface area contributed by atoms with Crippen molar-refractivity contribution < 1.29 is 14.6 Å². The highest BCUT2D eigenvalue weighted by atomic mass is 32.2. The fraction of sp³-hybridized carbons (Fsp3) is 0.158. The van der Waals surface area contributed by atoms with Crippen molar-refractivity contribution in [3.8, 4) is 5.75 Å². The third kappa shape index (κ3) is 3.72. The third-order valence-electron chi connectivity index (χ3n) is 4.30. The molecule has 2 aromatic carbocycles. The van der Waals surface area contributed by atoms with Crippen LogP contribution in [0.5, 0.6) is 5.75 Å². The molecule has 0 saturated carbocycles. The van der Waals surface area contributed by atoms with Crippen molar-refractivity contribution in [3.05, 3.63) is 64.5 Å². The van der Waals surface area contributed by atoms with Gasteiger partial charge in [0.05, 0.1) is 18.4 Å². The number of nitrogens with one attached hydrogen (secondary N) is 1. The number of thiazole rings is 1. The van der Waals surface area contributed by atoms with E-state index in [1.54, 1.807) is 23.5 Å². The normalized spacial score (nSPS) is 12.7. The molecule has 138 valence electrons. The van der Waals surface area contributed by atoms with E-state index < -0.39 is 5.97 Å². The van der Waals surface area contributed by atoms with Gasteiger partial charge in [-0.05, 0) is 29.3 Å². The molecule has 0 saturated heterocycles. The van der Waals surface area contributed by atoms with Crippen LogP contribution in [0.25, 0.3) is 0 Å². The van der Waals surface area contributed by atoms with Gasteiger partial charge in [-0.3, -0.25) is 0 Å². The second-order valence-corrected chi connectivity index (χ2v) is 7.68. The summed E-state index contributed by atoms with van der Waals surface area (Å²) in [5.41, 5.74) is 3.59. The number of anilines is 2. The van der Waals surface area contributed by atoms with Gasteiger partial charge in [-0.1, -0.05) is 24.3 Å². The van der Waals surface area contributed by atoms with Crippen LogP contribution in [-0.2, 0) is 13.1 Å². The Morgan fingerprint density at radius 1 is 1.26 bits per heavy atom. The molecule has 0 radical (unpaired) electrons. The van der Waals surface area contributed by atoms with Crippen LogP contribution in [0.2, 0.25) is 0 Å². The zero-order valence-corrected chi connectivity index (χ0v) is 16.1. The number of aromatic nitrogens is 1. The highest BCUT2D eigenvalue weighted by Gasteiger charge is 2.21. The van der Waals surface area contributed by atoms with Gasteiger partial charge in [0.25, 0.3) is 0 Å². The molecule has 3 aromatic rings. The lowest BCUT2D eigenvalue weighted by atomic mass is 10.1. The average molecular weight is 399 g/mol. The smallest absolute Gasteiger partial charge is 0.335 e. The number of carboxylic acids is 1. The molecular formula is C19H17N3O3S2. The summed E-state index contributed by atoms with van der Waals surface area (Å²) in [7, 11) is 1.52. The standard InChI is InChI=1S/C19H17N3O3S2/c1-25-16-8-12(18(23)24)6-7-15(16)21-27-17-11-26-19(20-17)22-9-13-4-2-3-5-14(13)10-22/h2-8,11,21H,9-10H2,1H3,(H,23,24). The number of fused-ring (bicyclic) bond motifs is 1. The van der Waals surface area contributed by atoms with Crippen molar-refractivity contribution in [1.82, 2.24) is 4.98 Å². The van der Waals surface area contributed by atoms with Crippen LogP contribution in [0.4, 0.5) is 10.8 Å². The average Bonchev–Trinajstić information content (AvgIpc) is 3.32. The molecule has 0 unspecified atom stereocenters. The maximum atomic E-state index is 11.1. The number of ether oxygens (including phenoxy) is 1. The Labute approximate surface area is 164 Å². The first-order chi connectivity index (χ1) is 13.1. The van der Waals surface area contributed by atoms with Crippen LogP contribution in [0, 0.1) is 0 Å². The summed E-state index contributed by atoms with van der Waals surface area (Å²) in [5, 5.41) is 12.9. The number of methoxy groups -OCH3 is 1. The molecule has 0 bridgehead atoms. The summed E-state index contributed by atoms with van der Waals surface area (Å²) < 4.78 is 8.47. The zero-order chi connectivity index (χ0) is 18.8. The minimum absolute atomic E-state index is 0.187. The molecule has 0 atom stereocenters. The molecular weight excluding hydrogens is 382 g/mol. The second-order valence-electron chi connectivity index (χ2n) is 6.02. The van der Waals surface area contributed by atoms with Crippen LogP contribution < -0.4 is 14.4 Å². The first-order valence-electron chi connectivity index (χ1n) is 8.25. The topological polar surface area (TPSA) is 74.7 Å². The van der Waals surface area contributed by atoms with Crippen LogP contribution in [0.15, 0.2) is 52.9 Å². The first kappa shape index (κ1) is 17.7. The minimum Gasteiger partial charge on any atom is -0.495 e. The Hall–Kier alpha value is -2.71. The Morgan fingerprint density at radius 3 is 2.67 bits per heavy atom. The van der Waals surface area contributed by atoms with E-state index in [-0.39, 0.29) is 5.56 Å². The highest BCUT2D eigenvalue weighted by molar-refractivity contribution is 8.00. The monoisotopic (exact) mass is 399 g/mol. The van der Waals surface area contributed by atoms with Crippen molar-refractivity contribution in [2.24, 2.45) is 0 Å². The number of carbonyl (C=O) groups is 1. The van der Waals surface area contributed by atoms with Gasteiger partial charge in [-0.15, -0.1) is 11.3 Å². The number of benzene rings is 2. The van der Waals surface area contributed by atoms with Crippen molar-refractivity contribution in [3.63, 3.8) is 0 Å². The predicted octanol–water partition coefficient (Wildman–Crippen LogP) is 4.49. The summed E-state index contributed by atoms with van der Waals surface area (Å²) in [6.07, 6.45) is 0. The van der Waals surface area contributed by atoms with E-state index in [0.29, 0.717) is 11.4 Å². The highest BCUT2D eigenvalue weighted by Crippen LogP contribution is 2.34. The molecule has 1 aliphatic rings. The zero-order valence-electron chi connectivity index (χ0n) is 14.5. The molecule has 6 nitrogen and oxygen atoms in total. The Bertz CT molecular complexity index is 965. The maximum Gasteiger partial charge on any atom is 0.335 e. The molecule has 8 heteroatoms. The summed E-state index contributed by atoms with van der Waals surface area (Å²) in [4.78, 5) is 18.0. The van der Waals surface area contributed by atoms with Gasteiger partial charge in [0, 0.05) is 30.4 Å². The van der Waals surface area contributed by atoms with Crippen LogP contribution >= 0.6 is 23.3 Å². The summed E-state index contributed by atoms with van der Waals surface area (Å²) in [5.74, 6) is -0.504. The van der Waals surface area contributed by atoms with Gasteiger partial charge in [-0.25, -0.2) is 9.78 Å². The quantitative estimate of drug-likeness (QED) is 0.592. The van der Waals surface area contributed by atoms with E-state index in [4.69, 9.17) is 14.8 Å².